The van der Waals surface area contributed by atoms with Crippen LogP contribution in [0.2, 0.25) is 0 Å². The highest BCUT2D eigenvalue weighted by Crippen LogP contribution is 2.23. The van der Waals surface area contributed by atoms with Gasteiger partial charge in [0.1, 0.15) is 0 Å². The molecular weight excluding hydrogens is 226 g/mol. The molecule has 1 N–H and O–H groups in total. The van der Waals surface area contributed by atoms with Crippen LogP contribution in [0.1, 0.15) is 12.5 Å². The maximum absolute atomic E-state index is 10.6. The van der Waals surface area contributed by atoms with E-state index in [9.17, 15) is 10.1 Å². The summed E-state index contributed by atoms with van der Waals surface area (Å²) in [4.78, 5) is 12.6. The molecule has 0 radical (unpaired) electrons. The van der Waals surface area contributed by atoms with Crippen molar-refractivity contribution in [3.8, 4) is 0 Å². The van der Waals surface area contributed by atoms with Gasteiger partial charge in [-0.1, -0.05) is 11.3 Å². The molecule has 1 saturated heterocycles. The fourth-order valence-corrected chi connectivity index (χ4v) is 2.68. The minimum absolute atomic E-state index is 0.234. The second kappa shape index (κ2) is 4.90. The van der Waals surface area contributed by atoms with Gasteiger partial charge in [0, 0.05) is 43.7 Å². The van der Waals surface area contributed by atoms with Crippen molar-refractivity contribution in [2.45, 2.75) is 19.5 Å². The number of nitro groups is 1. The fourth-order valence-electron chi connectivity index (χ4n) is 1.96. The first kappa shape index (κ1) is 11.5. The van der Waals surface area contributed by atoms with E-state index in [0.29, 0.717) is 6.04 Å². The predicted molar refractivity (Wildman–Crippen MR) is 63.7 cm³/mol. The lowest BCUT2D eigenvalue weighted by molar-refractivity contribution is -0.380. The number of thiophene rings is 1. The fraction of sp³-hybridized carbons (Fsp3) is 0.600. The topological polar surface area (TPSA) is 58.4 Å². The molecule has 1 aliphatic rings. The van der Waals surface area contributed by atoms with E-state index in [1.807, 2.05) is 5.38 Å². The molecule has 0 unspecified atom stereocenters. The lowest BCUT2D eigenvalue weighted by Crippen LogP contribution is -2.48. The van der Waals surface area contributed by atoms with Crippen LogP contribution in [0.25, 0.3) is 0 Å². The molecule has 16 heavy (non-hydrogen) atoms. The molecule has 0 aliphatic carbocycles. The molecule has 0 bridgehead atoms. The highest BCUT2D eigenvalue weighted by atomic mass is 32.1. The van der Waals surface area contributed by atoms with E-state index in [0.717, 1.165) is 31.7 Å². The van der Waals surface area contributed by atoms with Gasteiger partial charge in [-0.15, -0.1) is 0 Å². The summed E-state index contributed by atoms with van der Waals surface area (Å²) in [7, 11) is 0. The van der Waals surface area contributed by atoms with Crippen LogP contribution < -0.4 is 5.32 Å². The van der Waals surface area contributed by atoms with Crippen molar-refractivity contribution < 1.29 is 4.92 Å². The molecular formula is C10H15N3O2S. The van der Waals surface area contributed by atoms with Gasteiger partial charge >= 0.3 is 5.00 Å². The van der Waals surface area contributed by atoms with Gasteiger partial charge in [0.2, 0.25) is 0 Å². The number of nitrogens with one attached hydrogen (secondary N) is 1. The first-order chi connectivity index (χ1) is 7.65. The molecule has 0 spiro atoms. The second-order valence-electron chi connectivity index (χ2n) is 4.14. The van der Waals surface area contributed by atoms with Crippen LogP contribution in [-0.2, 0) is 6.54 Å². The standard InChI is InChI=1S/C10H15N3O2S/c1-8-5-12(3-2-11-8)6-9-4-10(13(14)15)16-7-9/h4,7-8,11H,2-3,5-6H2,1H3/t8-/m0/s1. The Kier molecular flexibility index (Phi) is 3.52. The minimum Gasteiger partial charge on any atom is -0.312 e. The molecule has 0 amide bonds. The monoisotopic (exact) mass is 241 g/mol. The van der Waals surface area contributed by atoms with Gasteiger partial charge in [-0.05, 0) is 12.5 Å². The van der Waals surface area contributed by atoms with Crippen LogP contribution in [0, 0.1) is 10.1 Å². The highest BCUT2D eigenvalue weighted by Gasteiger charge is 2.17. The first-order valence-corrected chi connectivity index (χ1v) is 6.20. The summed E-state index contributed by atoms with van der Waals surface area (Å²) in [5.74, 6) is 0. The molecule has 0 saturated carbocycles. The lowest BCUT2D eigenvalue weighted by atomic mass is 10.2. The van der Waals surface area contributed by atoms with E-state index in [2.05, 4.69) is 17.1 Å². The average Bonchev–Trinajstić information content (AvgIpc) is 2.66. The molecule has 1 aromatic heterocycles. The van der Waals surface area contributed by atoms with Crippen LogP contribution in [0.3, 0.4) is 0 Å². The van der Waals surface area contributed by atoms with Crippen molar-refractivity contribution in [2.75, 3.05) is 19.6 Å². The van der Waals surface area contributed by atoms with E-state index in [4.69, 9.17) is 0 Å². The Morgan fingerprint density at radius 3 is 3.19 bits per heavy atom. The van der Waals surface area contributed by atoms with Crippen molar-refractivity contribution in [2.24, 2.45) is 0 Å². The SMILES string of the molecule is C[C@H]1CN(Cc2csc([N+](=O)[O-])c2)CCN1. The molecule has 2 heterocycles. The number of nitrogens with zero attached hydrogens (tertiary/aromatic N) is 2. The number of hydrogen-bond donors (Lipinski definition) is 1. The van der Waals surface area contributed by atoms with Crippen molar-refractivity contribution in [3.63, 3.8) is 0 Å². The minimum atomic E-state index is -0.325. The first-order valence-electron chi connectivity index (χ1n) is 5.32. The van der Waals surface area contributed by atoms with Crippen LogP contribution >= 0.6 is 11.3 Å². The summed E-state index contributed by atoms with van der Waals surface area (Å²) in [6, 6.07) is 2.18. The zero-order valence-corrected chi connectivity index (χ0v) is 10.00. The van der Waals surface area contributed by atoms with E-state index in [1.165, 1.54) is 11.3 Å². The number of piperazine rings is 1. The van der Waals surface area contributed by atoms with Gasteiger partial charge < -0.3 is 5.32 Å². The van der Waals surface area contributed by atoms with Gasteiger partial charge in [0.25, 0.3) is 0 Å². The van der Waals surface area contributed by atoms with Gasteiger partial charge in [0.05, 0.1) is 4.92 Å². The maximum atomic E-state index is 10.6. The molecule has 6 heteroatoms. The van der Waals surface area contributed by atoms with E-state index in [1.54, 1.807) is 6.07 Å². The Hall–Kier alpha value is -0.980. The summed E-state index contributed by atoms with van der Waals surface area (Å²) in [5.41, 5.74) is 1.05. The average molecular weight is 241 g/mol. The predicted octanol–water partition coefficient (Wildman–Crippen LogP) is 1.45. The van der Waals surface area contributed by atoms with Crippen LogP contribution in [-0.4, -0.2) is 35.5 Å². The van der Waals surface area contributed by atoms with E-state index >= 15 is 0 Å². The van der Waals surface area contributed by atoms with Crippen LogP contribution in [0.4, 0.5) is 5.00 Å². The summed E-state index contributed by atoms with van der Waals surface area (Å²) < 4.78 is 0. The van der Waals surface area contributed by atoms with Gasteiger partial charge in [0.15, 0.2) is 0 Å². The molecule has 2 rings (SSSR count). The van der Waals surface area contributed by atoms with Gasteiger partial charge in [-0.25, -0.2) is 0 Å². The Bertz CT molecular complexity index is 380. The molecule has 1 aliphatic heterocycles. The summed E-state index contributed by atoms with van der Waals surface area (Å²) >= 11 is 1.21. The van der Waals surface area contributed by atoms with Crippen molar-refractivity contribution >= 4 is 16.3 Å². The Labute approximate surface area is 98.2 Å². The summed E-state index contributed by atoms with van der Waals surface area (Å²) in [6.45, 7) is 5.98. The Balaban J connectivity index is 1.95. The summed E-state index contributed by atoms with van der Waals surface area (Å²) in [5, 5.41) is 16.0. The molecule has 5 nitrogen and oxygen atoms in total. The van der Waals surface area contributed by atoms with E-state index in [-0.39, 0.29) is 9.92 Å². The van der Waals surface area contributed by atoms with Crippen molar-refractivity contribution in [1.29, 1.82) is 0 Å². The van der Waals surface area contributed by atoms with Crippen molar-refractivity contribution in [1.82, 2.24) is 10.2 Å². The lowest BCUT2D eigenvalue weighted by Gasteiger charge is -2.31. The molecule has 1 fully saturated rings. The maximum Gasteiger partial charge on any atom is 0.324 e. The van der Waals surface area contributed by atoms with E-state index < -0.39 is 0 Å². The summed E-state index contributed by atoms with van der Waals surface area (Å²) in [6.07, 6.45) is 0. The normalized spacial score (nSPS) is 22.2. The number of hydrogen-bond acceptors (Lipinski definition) is 5. The van der Waals surface area contributed by atoms with Gasteiger partial charge in [-0.3, -0.25) is 15.0 Å². The zero-order chi connectivity index (χ0) is 11.5. The Morgan fingerprint density at radius 2 is 2.56 bits per heavy atom. The van der Waals surface area contributed by atoms with Crippen LogP contribution in [0.5, 0.6) is 0 Å². The third kappa shape index (κ3) is 2.78. The third-order valence-corrected chi connectivity index (χ3v) is 3.61. The largest absolute Gasteiger partial charge is 0.324 e. The molecule has 1 aromatic rings. The van der Waals surface area contributed by atoms with Crippen molar-refractivity contribution in [3.05, 3.63) is 27.1 Å². The zero-order valence-electron chi connectivity index (χ0n) is 9.18. The smallest absolute Gasteiger partial charge is 0.312 e. The number of rotatable bonds is 3. The molecule has 88 valence electrons. The van der Waals surface area contributed by atoms with Gasteiger partial charge in [-0.2, -0.15) is 0 Å². The van der Waals surface area contributed by atoms with Crippen LogP contribution in [0.15, 0.2) is 11.4 Å². The molecule has 0 aromatic carbocycles. The molecule has 1 atom stereocenters. The second-order valence-corrected chi connectivity index (χ2v) is 5.03. The third-order valence-electron chi connectivity index (χ3n) is 2.68. The quantitative estimate of drug-likeness (QED) is 0.643. The Morgan fingerprint density at radius 1 is 1.75 bits per heavy atom. The highest BCUT2D eigenvalue weighted by molar-refractivity contribution is 7.13.